The molecule has 3 rings (SSSR count). The van der Waals surface area contributed by atoms with Crippen molar-refractivity contribution in [1.82, 2.24) is 5.01 Å². The van der Waals surface area contributed by atoms with Crippen LogP contribution < -0.4 is 0 Å². The molecule has 1 heterocycles. The Morgan fingerprint density at radius 2 is 2.15 bits per heavy atom. The van der Waals surface area contributed by atoms with Crippen LogP contribution in [-0.4, -0.2) is 17.1 Å². The predicted octanol–water partition coefficient (Wildman–Crippen LogP) is 3.56. The summed E-state index contributed by atoms with van der Waals surface area (Å²) in [5, 5.41) is 5.95. The zero-order chi connectivity index (χ0) is 14.3. The first-order valence-corrected chi connectivity index (χ1v) is 7.12. The zero-order valence-electron chi connectivity index (χ0n) is 12.3. The standard InChI is InChI=1S/C17H20N2O/c1-17(2,3)16(20)19-15(9-10-18-19)14-8-7-12-5-4-6-13(12)11-14/h4-5,7-8,10-11,15H,6,9H2,1-3H3. The molecule has 1 atom stereocenters. The number of fused-ring (bicyclic) bond motifs is 1. The van der Waals surface area contributed by atoms with E-state index in [1.54, 1.807) is 5.01 Å². The molecule has 3 nitrogen and oxygen atoms in total. The Morgan fingerprint density at radius 1 is 1.35 bits per heavy atom. The van der Waals surface area contributed by atoms with Crippen LogP contribution in [0, 0.1) is 5.41 Å². The van der Waals surface area contributed by atoms with Crippen LogP contribution in [0.4, 0.5) is 0 Å². The molecule has 1 aromatic rings. The average Bonchev–Trinajstić information content (AvgIpc) is 3.04. The van der Waals surface area contributed by atoms with Crippen LogP contribution in [0.2, 0.25) is 0 Å². The van der Waals surface area contributed by atoms with E-state index in [-0.39, 0.29) is 11.9 Å². The van der Waals surface area contributed by atoms with E-state index >= 15 is 0 Å². The van der Waals surface area contributed by atoms with Crippen molar-refractivity contribution in [3.63, 3.8) is 0 Å². The van der Waals surface area contributed by atoms with E-state index in [2.05, 4.69) is 35.5 Å². The third-order valence-corrected chi connectivity index (χ3v) is 3.87. The van der Waals surface area contributed by atoms with Gasteiger partial charge in [-0.25, -0.2) is 5.01 Å². The third kappa shape index (κ3) is 2.17. The first-order valence-electron chi connectivity index (χ1n) is 7.12. The summed E-state index contributed by atoms with van der Waals surface area (Å²) in [5.74, 6) is 0.0786. The first kappa shape index (κ1) is 13.1. The largest absolute Gasteiger partial charge is 0.272 e. The van der Waals surface area contributed by atoms with Crippen molar-refractivity contribution in [2.75, 3.05) is 0 Å². The minimum atomic E-state index is -0.405. The molecule has 104 valence electrons. The second-order valence-corrected chi connectivity index (χ2v) is 6.51. The molecule has 1 amide bonds. The van der Waals surface area contributed by atoms with Gasteiger partial charge < -0.3 is 0 Å². The van der Waals surface area contributed by atoms with Crippen molar-refractivity contribution in [3.05, 3.63) is 41.0 Å². The van der Waals surface area contributed by atoms with Crippen molar-refractivity contribution in [2.45, 2.75) is 39.7 Å². The second-order valence-electron chi connectivity index (χ2n) is 6.51. The summed E-state index contributed by atoms with van der Waals surface area (Å²) in [6.45, 7) is 5.81. The number of carbonyl (C=O) groups excluding carboxylic acids is 1. The zero-order valence-corrected chi connectivity index (χ0v) is 12.3. The number of hydrazone groups is 1. The van der Waals surface area contributed by atoms with Crippen LogP contribution >= 0.6 is 0 Å². The molecule has 0 spiro atoms. The lowest BCUT2D eigenvalue weighted by Gasteiger charge is -2.28. The SMILES string of the molecule is CC(C)(C)C(=O)N1N=CCC1c1ccc2c(c1)CC=C2. The maximum absolute atomic E-state index is 12.5. The maximum Gasteiger partial charge on any atom is 0.248 e. The Labute approximate surface area is 120 Å². The fourth-order valence-corrected chi connectivity index (χ4v) is 2.72. The van der Waals surface area contributed by atoms with Crippen LogP contribution in [0.15, 0.2) is 29.4 Å². The van der Waals surface area contributed by atoms with E-state index in [4.69, 9.17) is 0 Å². The topological polar surface area (TPSA) is 32.7 Å². The van der Waals surface area contributed by atoms with Gasteiger partial charge in [-0.15, -0.1) is 0 Å². The predicted molar refractivity (Wildman–Crippen MR) is 81.3 cm³/mol. The number of benzene rings is 1. The summed E-state index contributed by atoms with van der Waals surface area (Å²) in [7, 11) is 0. The molecular weight excluding hydrogens is 248 g/mol. The van der Waals surface area contributed by atoms with E-state index in [0.717, 1.165) is 12.8 Å². The number of nitrogens with zero attached hydrogens (tertiary/aromatic N) is 2. The van der Waals surface area contributed by atoms with Crippen molar-refractivity contribution < 1.29 is 4.79 Å². The molecule has 20 heavy (non-hydrogen) atoms. The summed E-state index contributed by atoms with van der Waals surface area (Å²) in [6, 6.07) is 6.54. The highest BCUT2D eigenvalue weighted by molar-refractivity contribution is 5.84. The summed E-state index contributed by atoms with van der Waals surface area (Å²) < 4.78 is 0. The second kappa shape index (κ2) is 4.58. The quantitative estimate of drug-likeness (QED) is 0.766. The lowest BCUT2D eigenvalue weighted by atomic mass is 9.93. The molecule has 1 aliphatic carbocycles. The highest BCUT2D eigenvalue weighted by Gasteiger charge is 2.35. The fraction of sp³-hybridized carbons (Fsp3) is 0.412. The summed E-state index contributed by atoms with van der Waals surface area (Å²) in [4.78, 5) is 12.5. The molecule has 2 aliphatic rings. The van der Waals surface area contributed by atoms with Crippen LogP contribution in [0.5, 0.6) is 0 Å². The van der Waals surface area contributed by atoms with Crippen LogP contribution in [-0.2, 0) is 11.2 Å². The minimum absolute atomic E-state index is 0.0487. The summed E-state index contributed by atoms with van der Waals surface area (Å²) >= 11 is 0. The number of hydrogen-bond acceptors (Lipinski definition) is 2. The van der Waals surface area contributed by atoms with Crippen LogP contribution in [0.25, 0.3) is 6.08 Å². The van der Waals surface area contributed by atoms with Gasteiger partial charge in [0.25, 0.3) is 0 Å². The number of hydrogen-bond donors (Lipinski definition) is 0. The number of amides is 1. The average molecular weight is 268 g/mol. The first-order chi connectivity index (χ1) is 9.47. The molecule has 1 aliphatic heterocycles. The van der Waals surface area contributed by atoms with Gasteiger partial charge in [0.05, 0.1) is 6.04 Å². The molecule has 1 unspecified atom stereocenters. The molecular formula is C17H20N2O. The fourth-order valence-electron chi connectivity index (χ4n) is 2.72. The molecule has 0 bridgehead atoms. The molecule has 0 saturated carbocycles. The Balaban J connectivity index is 1.89. The van der Waals surface area contributed by atoms with Gasteiger partial charge >= 0.3 is 0 Å². The highest BCUT2D eigenvalue weighted by Crippen LogP contribution is 2.34. The third-order valence-electron chi connectivity index (χ3n) is 3.87. The van der Waals surface area contributed by atoms with Crippen LogP contribution in [0.1, 0.15) is 49.9 Å². The summed E-state index contributed by atoms with van der Waals surface area (Å²) in [5.41, 5.74) is 3.42. The van der Waals surface area contributed by atoms with E-state index in [1.807, 2.05) is 27.0 Å². The number of allylic oxidation sites excluding steroid dienone is 1. The van der Waals surface area contributed by atoms with Gasteiger partial charge in [0.1, 0.15) is 0 Å². The summed E-state index contributed by atoms with van der Waals surface area (Å²) in [6.07, 6.45) is 7.97. The molecule has 3 heteroatoms. The van der Waals surface area contributed by atoms with Crippen molar-refractivity contribution in [3.8, 4) is 0 Å². The molecule has 0 N–H and O–H groups in total. The number of carbonyl (C=O) groups is 1. The molecule has 0 radical (unpaired) electrons. The van der Waals surface area contributed by atoms with E-state index < -0.39 is 5.41 Å². The van der Waals surface area contributed by atoms with Crippen LogP contribution in [0.3, 0.4) is 0 Å². The van der Waals surface area contributed by atoms with Gasteiger partial charge in [0.15, 0.2) is 0 Å². The van der Waals surface area contributed by atoms with Crippen molar-refractivity contribution >= 4 is 18.2 Å². The van der Waals surface area contributed by atoms with Gasteiger partial charge in [-0.05, 0) is 23.1 Å². The Bertz CT molecular complexity index is 608. The Morgan fingerprint density at radius 3 is 2.90 bits per heavy atom. The Hall–Kier alpha value is -1.90. The molecule has 1 aromatic carbocycles. The van der Waals surface area contributed by atoms with Crippen molar-refractivity contribution in [1.29, 1.82) is 0 Å². The Kier molecular flexibility index (Phi) is 3.00. The molecule has 0 saturated heterocycles. The van der Waals surface area contributed by atoms with Gasteiger partial charge in [-0.1, -0.05) is 51.1 Å². The van der Waals surface area contributed by atoms with Gasteiger partial charge in [0.2, 0.25) is 5.91 Å². The van der Waals surface area contributed by atoms with Gasteiger partial charge in [-0.2, -0.15) is 5.10 Å². The highest BCUT2D eigenvalue weighted by atomic mass is 16.2. The van der Waals surface area contributed by atoms with E-state index in [9.17, 15) is 4.79 Å². The number of rotatable bonds is 1. The van der Waals surface area contributed by atoms with E-state index in [1.165, 1.54) is 16.7 Å². The maximum atomic E-state index is 12.5. The van der Waals surface area contributed by atoms with Gasteiger partial charge in [0, 0.05) is 18.1 Å². The lowest BCUT2D eigenvalue weighted by molar-refractivity contribution is -0.141. The smallest absolute Gasteiger partial charge is 0.248 e. The van der Waals surface area contributed by atoms with Crippen molar-refractivity contribution in [2.24, 2.45) is 10.5 Å². The molecule has 0 aromatic heterocycles. The van der Waals surface area contributed by atoms with Gasteiger partial charge in [-0.3, -0.25) is 4.79 Å². The lowest BCUT2D eigenvalue weighted by Crippen LogP contribution is -2.36. The normalized spacial score (nSPS) is 20.6. The van der Waals surface area contributed by atoms with E-state index in [0.29, 0.717) is 0 Å². The minimum Gasteiger partial charge on any atom is -0.272 e. The molecule has 0 fully saturated rings. The monoisotopic (exact) mass is 268 g/mol.